The van der Waals surface area contributed by atoms with E-state index < -0.39 is 0 Å². The van der Waals surface area contributed by atoms with Crippen LogP contribution in [0.4, 0.5) is 4.79 Å². The Morgan fingerprint density at radius 2 is 2.05 bits per heavy atom. The second-order valence-electron chi connectivity index (χ2n) is 5.65. The first-order valence-corrected chi connectivity index (χ1v) is 7.55. The molecular weight excluding hydrogens is 252 g/mol. The number of fused-ring (bicyclic) bond motifs is 1. The van der Waals surface area contributed by atoms with Gasteiger partial charge in [-0.05, 0) is 18.4 Å². The van der Waals surface area contributed by atoms with Gasteiger partial charge in [0.1, 0.15) is 6.61 Å². The standard InChI is InChI=1S/C16H22N2O2/c19-16(20-12-13-6-2-1-3-7-13)18-11-10-17-14-8-4-5-9-15(14)18/h1-3,6-7,14-15,17H,4-5,8-12H2/t14-,15-/m1/s1. The van der Waals surface area contributed by atoms with E-state index >= 15 is 0 Å². The van der Waals surface area contributed by atoms with Gasteiger partial charge in [0.05, 0.1) is 6.04 Å². The Morgan fingerprint density at radius 1 is 1.25 bits per heavy atom. The average Bonchev–Trinajstić information content (AvgIpc) is 2.53. The summed E-state index contributed by atoms with van der Waals surface area (Å²) in [6, 6.07) is 10.6. The van der Waals surface area contributed by atoms with E-state index in [-0.39, 0.29) is 6.09 Å². The number of hydrogen-bond acceptors (Lipinski definition) is 3. The van der Waals surface area contributed by atoms with E-state index in [0.717, 1.165) is 25.1 Å². The van der Waals surface area contributed by atoms with E-state index in [2.05, 4.69) is 5.32 Å². The Balaban J connectivity index is 1.58. The lowest BCUT2D eigenvalue weighted by molar-refractivity contribution is 0.0478. The fourth-order valence-electron chi connectivity index (χ4n) is 3.29. The number of carbonyl (C=O) groups is 1. The van der Waals surface area contributed by atoms with Crippen molar-refractivity contribution in [2.75, 3.05) is 13.1 Å². The third-order valence-corrected chi connectivity index (χ3v) is 4.33. The van der Waals surface area contributed by atoms with Crippen LogP contribution in [0, 0.1) is 0 Å². The molecule has 2 atom stereocenters. The van der Waals surface area contributed by atoms with Crippen LogP contribution < -0.4 is 5.32 Å². The molecule has 1 aromatic carbocycles. The number of ether oxygens (including phenoxy) is 1. The number of benzene rings is 1. The van der Waals surface area contributed by atoms with Crippen molar-refractivity contribution >= 4 is 6.09 Å². The summed E-state index contributed by atoms with van der Waals surface area (Å²) in [7, 11) is 0. The second kappa shape index (κ2) is 6.27. The van der Waals surface area contributed by atoms with Crippen molar-refractivity contribution in [1.29, 1.82) is 0 Å². The van der Waals surface area contributed by atoms with Crippen LogP contribution in [0.3, 0.4) is 0 Å². The van der Waals surface area contributed by atoms with Crippen molar-refractivity contribution in [3.8, 4) is 0 Å². The van der Waals surface area contributed by atoms with Gasteiger partial charge in [0.25, 0.3) is 0 Å². The molecule has 2 fully saturated rings. The molecule has 4 heteroatoms. The van der Waals surface area contributed by atoms with Gasteiger partial charge in [-0.25, -0.2) is 4.79 Å². The molecule has 20 heavy (non-hydrogen) atoms. The molecule has 108 valence electrons. The number of rotatable bonds is 2. The average molecular weight is 274 g/mol. The number of carbonyl (C=O) groups excluding carboxylic acids is 1. The van der Waals surface area contributed by atoms with Gasteiger partial charge in [-0.15, -0.1) is 0 Å². The molecular formula is C16H22N2O2. The molecule has 4 nitrogen and oxygen atoms in total. The van der Waals surface area contributed by atoms with Gasteiger partial charge in [0.2, 0.25) is 0 Å². The minimum absolute atomic E-state index is 0.160. The summed E-state index contributed by atoms with van der Waals surface area (Å²) in [6.45, 7) is 2.00. The Kier molecular flexibility index (Phi) is 4.21. The third kappa shape index (κ3) is 2.96. The highest BCUT2D eigenvalue weighted by Crippen LogP contribution is 2.26. The van der Waals surface area contributed by atoms with Crippen molar-refractivity contribution in [2.24, 2.45) is 0 Å². The zero-order chi connectivity index (χ0) is 13.8. The quantitative estimate of drug-likeness (QED) is 0.901. The fraction of sp³-hybridized carbons (Fsp3) is 0.562. The van der Waals surface area contributed by atoms with E-state index in [1.165, 1.54) is 19.3 Å². The van der Waals surface area contributed by atoms with Crippen molar-refractivity contribution in [1.82, 2.24) is 10.2 Å². The van der Waals surface area contributed by atoms with Gasteiger partial charge in [-0.2, -0.15) is 0 Å². The van der Waals surface area contributed by atoms with Crippen LogP contribution in [0.25, 0.3) is 0 Å². The van der Waals surface area contributed by atoms with Gasteiger partial charge in [-0.3, -0.25) is 0 Å². The van der Waals surface area contributed by atoms with E-state index in [4.69, 9.17) is 4.74 Å². The first-order chi connectivity index (χ1) is 9.84. The van der Waals surface area contributed by atoms with Crippen molar-refractivity contribution in [2.45, 2.75) is 44.4 Å². The number of piperazine rings is 1. The molecule has 1 aliphatic heterocycles. The summed E-state index contributed by atoms with van der Waals surface area (Å²) < 4.78 is 5.48. The van der Waals surface area contributed by atoms with Gasteiger partial charge >= 0.3 is 6.09 Å². The molecule has 0 aromatic heterocycles. The molecule has 0 radical (unpaired) electrons. The molecule has 0 unspecified atom stereocenters. The first kappa shape index (κ1) is 13.4. The predicted octanol–water partition coefficient (Wildman–Crippen LogP) is 2.54. The van der Waals surface area contributed by atoms with Crippen LogP contribution in [-0.2, 0) is 11.3 Å². The van der Waals surface area contributed by atoms with Gasteiger partial charge in [0.15, 0.2) is 0 Å². The van der Waals surface area contributed by atoms with Gasteiger partial charge in [0, 0.05) is 19.1 Å². The minimum atomic E-state index is -0.160. The number of nitrogens with zero attached hydrogens (tertiary/aromatic N) is 1. The summed E-state index contributed by atoms with van der Waals surface area (Å²) in [5.41, 5.74) is 1.04. The predicted molar refractivity (Wildman–Crippen MR) is 77.4 cm³/mol. The lowest BCUT2D eigenvalue weighted by Gasteiger charge is -2.43. The first-order valence-electron chi connectivity index (χ1n) is 7.55. The fourth-order valence-corrected chi connectivity index (χ4v) is 3.29. The van der Waals surface area contributed by atoms with Crippen molar-refractivity contribution in [3.05, 3.63) is 35.9 Å². The monoisotopic (exact) mass is 274 g/mol. The molecule has 1 amide bonds. The summed E-state index contributed by atoms with van der Waals surface area (Å²) in [5.74, 6) is 0. The molecule has 3 rings (SSSR count). The van der Waals surface area contributed by atoms with Gasteiger partial charge < -0.3 is 15.0 Å². The maximum atomic E-state index is 12.3. The Morgan fingerprint density at radius 3 is 2.90 bits per heavy atom. The number of nitrogens with one attached hydrogen (secondary N) is 1. The Bertz CT molecular complexity index is 447. The van der Waals surface area contributed by atoms with E-state index in [0.29, 0.717) is 18.7 Å². The maximum Gasteiger partial charge on any atom is 0.410 e. The highest BCUT2D eigenvalue weighted by molar-refractivity contribution is 5.68. The van der Waals surface area contributed by atoms with Gasteiger partial charge in [-0.1, -0.05) is 43.2 Å². The molecule has 1 saturated carbocycles. The van der Waals surface area contributed by atoms with Crippen molar-refractivity contribution < 1.29 is 9.53 Å². The maximum absolute atomic E-state index is 12.3. The van der Waals surface area contributed by atoms with Crippen LogP contribution in [0.5, 0.6) is 0 Å². The summed E-state index contributed by atoms with van der Waals surface area (Å²) in [5, 5.41) is 3.53. The SMILES string of the molecule is O=C(OCc1ccccc1)N1CCN[C@@H]2CCCC[C@H]21. The second-order valence-corrected chi connectivity index (χ2v) is 5.65. The van der Waals surface area contributed by atoms with Crippen LogP contribution >= 0.6 is 0 Å². The lowest BCUT2D eigenvalue weighted by Crippen LogP contribution is -2.60. The smallest absolute Gasteiger partial charge is 0.410 e. The molecule has 0 bridgehead atoms. The summed E-state index contributed by atoms with van der Waals surface area (Å²) >= 11 is 0. The molecule has 1 heterocycles. The van der Waals surface area contributed by atoms with Crippen LogP contribution in [0.1, 0.15) is 31.2 Å². The highest BCUT2D eigenvalue weighted by Gasteiger charge is 2.36. The van der Waals surface area contributed by atoms with Crippen LogP contribution in [0.15, 0.2) is 30.3 Å². The summed E-state index contributed by atoms with van der Waals surface area (Å²) in [4.78, 5) is 14.2. The number of hydrogen-bond donors (Lipinski definition) is 1. The molecule has 0 spiro atoms. The molecule has 1 aliphatic carbocycles. The largest absolute Gasteiger partial charge is 0.445 e. The minimum Gasteiger partial charge on any atom is -0.445 e. The zero-order valence-corrected chi connectivity index (χ0v) is 11.8. The van der Waals surface area contributed by atoms with Crippen molar-refractivity contribution in [3.63, 3.8) is 0 Å². The molecule has 1 aromatic rings. The highest BCUT2D eigenvalue weighted by atomic mass is 16.6. The zero-order valence-electron chi connectivity index (χ0n) is 11.8. The van der Waals surface area contributed by atoms with E-state index in [1.54, 1.807) is 0 Å². The molecule has 1 N–H and O–H groups in total. The van der Waals surface area contributed by atoms with Crippen LogP contribution in [0.2, 0.25) is 0 Å². The van der Waals surface area contributed by atoms with E-state index in [9.17, 15) is 4.79 Å². The topological polar surface area (TPSA) is 41.6 Å². The van der Waals surface area contributed by atoms with Crippen LogP contribution in [-0.4, -0.2) is 36.2 Å². The molecule has 2 aliphatic rings. The Hall–Kier alpha value is -1.55. The normalized spacial score (nSPS) is 25.9. The third-order valence-electron chi connectivity index (χ3n) is 4.33. The lowest BCUT2D eigenvalue weighted by atomic mass is 9.88. The number of amides is 1. The summed E-state index contributed by atoms with van der Waals surface area (Å²) in [6.07, 6.45) is 4.59. The molecule has 1 saturated heterocycles. The Labute approximate surface area is 120 Å². The van der Waals surface area contributed by atoms with E-state index in [1.807, 2.05) is 35.2 Å².